The van der Waals surface area contributed by atoms with Crippen LogP contribution in [0, 0.1) is 6.92 Å². The van der Waals surface area contributed by atoms with Crippen molar-refractivity contribution in [2.75, 3.05) is 0 Å². The summed E-state index contributed by atoms with van der Waals surface area (Å²) >= 11 is 0. The first-order valence-electron chi connectivity index (χ1n) is 5.79. The van der Waals surface area contributed by atoms with Gasteiger partial charge >= 0.3 is 10.2 Å². The first kappa shape index (κ1) is 13.0. The van der Waals surface area contributed by atoms with E-state index in [2.05, 4.69) is 4.98 Å². The lowest BCUT2D eigenvalue weighted by Crippen LogP contribution is -2.05. The highest BCUT2D eigenvalue weighted by atomic mass is 32.3. The highest BCUT2D eigenvalue weighted by Crippen LogP contribution is 2.29. The van der Waals surface area contributed by atoms with Crippen LogP contribution in [-0.4, -0.2) is 17.8 Å². The fourth-order valence-corrected chi connectivity index (χ4v) is 2.94. The highest BCUT2D eigenvalue weighted by Gasteiger charge is 2.27. The summed E-state index contributed by atoms with van der Waals surface area (Å²) in [6.07, 6.45) is 0.700. The molecule has 6 heteroatoms. The van der Waals surface area contributed by atoms with Crippen molar-refractivity contribution in [3.63, 3.8) is 0 Å². The molecule has 0 saturated carbocycles. The smallest absolute Gasteiger partial charge is 0.285 e. The van der Waals surface area contributed by atoms with Gasteiger partial charge in [-0.1, -0.05) is 23.8 Å². The van der Waals surface area contributed by atoms with Gasteiger partial charge in [-0.25, -0.2) is 4.98 Å². The van der Waals surface area contributed by atoms with Crippen molar-refractivity contribution in [1.29, 1.82) is 0 Å². The number of aryl methyl sites for hydroxylation is 1. The van der Waals surface area contributed by atoms with Gasteiger partial charge in [0, 0.05) is 11.6 Å². The van der Waals surface area contributed by atoms with E-state index in [1.54, 1.807) is 25.1 Å². The number of rotatable bonds is 3. The molecule has 98 valence electrons. The van der Waals surface area contributed by atoms with Crippen molar-refractivity contribution in [1.82, 2.24) is 9.38 Å². The lowest BCUT2D eigenvalue weighted by atomic mass is 10.1. The van der Waals surface area contributed by atoms with Crippen LogP contribution in [0.5, 0.6) is 0 Å². The molecule has 0 radical (unpaired) electrons. The van der Waals surface area contributed by atoms with E-state index in [-0.39, 0.29) is 10.9 Å². The summed E-state index contributed by atoms with van der Waals surface area (Å²) in [5.74, 6) is -0.107. The Kier molecular flexibility index (Phi) is 3.14. The Bertz CT molecular complexity index is 691. The van der Waals surface area contributed by atoms with E-state index >= 15 is 0 Å². The Morgan fingerprint density at radius 2 is 2.11 bits per heavy atom. The van der Waals surface area contributed by atoms with Crippen LogP contribution >= 0.6 is 0 Å². The molecule has 0 fully saturated rings. The molecule has 0 spiro atoms. The third kappa shape index (κ3) is 2.01. The number of imidazole rings is 1. The molecule has 1 atom stereocenters. The second kappa shape index (κ2) is 4.35. The second-order valence-electron chi connectivity index (χ2n) is 4.41. The molecule has 2 aromatic heterocycles. The largest absolute Gasteiger partial charge is 0.350 e. The summed E-state index contributed by atoms with van der Waals surface area (Å²) in [6, 6.07) is 5.17. The minimum Gasteiger partial charge on any atom is -0.285 e. The Labute approximate surface area is 106 Å². The van der Waals surface area contributed by atoms with Crippen molar-refractivity contribution >= 4 is 15.9 Å². The molecule has 2 heterocycles. The maximum absolute atomic E-state index is 13.5. The third-order valence-electron chi connectivity index (χ3n) is 3.13. The summed E-state index contributed by atoms with van der Waals surface area (Å²) in [6.45, 7) is 5.48. The Balaban J connectivity index is 2.92. The number of pyridine rings is 1. The van der Waals surface area contributed by atoms with Gasteiger partial charge in [-0.2, -0.15) is 8.42 Å². The lowest BCUT2D eigenvalue weighted by Gasteiger charge is -2.07. The van der Waals surface area contributed by atoms with Crippen molar-refractivity contribution in [2.45, 2.75) is 38.1 Å². The molecule has 18 heavy (non-hydrogen) atoms. The van der Waals surface area contributed by atoms with Gasteiger partial charge < -0.3 is 0 Å². The molecule has 0 aliphatic heterocycles. The van der Waals surface area contributed by atoms with Crippen LogP contribution in [0.1, 0.15) is 37.6 Å². The fraction of sp³-hybridized carbons (Fsp3) is 0.417. The fourth-order valence-electron chi connectivity index (χ4n) is 1.99. The van der Waals surface area contributed by atoms with Crippen LogP contribution in [0.3, 0.4) is 0 Å². The number of hydrogen-bond acceptors (Lipinski definition) is 3. The van der Waals surface area contributed by atoms with E-state index in [4.69, 9.17) is 0 Å². The Morgan fingerprint density at radius 3 is 2.67 bits per heavy atom. The van der Waals surface area contributed by atoms with Crippen molar-refractivity contribution in [2.24, 2.45) is 0 Å². The monoisotopic (exact) mass is 270 g/mol. The van der Waals surface area contributed by atoms with Gasteiger partial charge in [-0.15, -0.1) is 0 Å². The van der Waals surface area contributed by atoms with Crippen molar-refractivity contribution in [3.8, 4) is 0 Å². The summed E-state index contributed by atoms with van der Waals surface area (Å²) in [5.41, 5.74) is 1.40. The van der Waals surface area contributed by atoms with Crippen LogP contribution in [-0.2, 0) is 10.2 Å². The first-order chi connectivity index (χ1) is 8.36. The molecule has 0 amide bonds. The molecule has 0 aromatic carbocycles. The molecule has 4 nitrogen and oxygen atoms in total. The molecule has 0 aliphatic rings. The second-order valence-corrected chi connectivity index (χ2v) is 5.67. The maximum Gasteiger partial charge on any atom is 0.350 e. The third-order valence-corrected chi connectivity index (χ3v) is 3.99. The minimum absolute atomic E-state index is 0.107. The number of aromatic nitrogens is 2. The zero-order chi connectivity index (χ0) is 13.5. The van der Waals surface area contributed by atoms with Gasteiger partial charge in [-0.05, 0) is 25.5 Å². The quantitative estimate of drug-likeness (QED) is 0.806. The molecular formula is C12H15FN2O2S. The van der Waals surface area contributed by atoms with Crippen molar-refractivity contribution < 1.29 is 12.3 Å². The molecule has 2 aromatic rings. The summed E-state index contributed by atoms with van der Waals surface area (Å²) < 4.78 is 37.6. The zero-order valence-corrected chi connectivity index (χ0v) is 11.3. The van der Waals surface area contributed by atoms with Crippen LogP contribution in [0.2, 0.25) is 0 Å². The van der Waals surface area contributed by atoms with E-state index < -0.39 is 10.2 Å². The predicted octanol–water partition coefficient (Wildman–Crippen LogP) is 2.81. The Morgan fingerprint density at radius 1 is 1.44 bits per heavy atom. The lowest BCUT2D eigenvalue weighted by molar-refractivity contribution is 0.541. The summed E-state index contributed by atoms with van der Waals surface area (Å²) in [4.78, 5) is 4.25. The van der Waals surface area contributed by atoms with Gasteiger partial charge in [0.25, 0.3) is 0 Å². The van der Waals surface area contributed by atoms with Crippen molar-refractivity contribution in [3.05, 3.63) is 29.6 Å². The molecule has 0 aliphatic carbocycles. The highest BCUT2D eigenvalue weighted by molar-refractivity contribution is 7.86. The van der Waals surface area contributed by atoms with Gasteiger partial charge in [0.05, 0.1) is 5.69 Å². The summed E-state index contributed by atoms with van der Waals surface area (Å²) in [7, 11) is -4.79. The van der Waals surface area contributed by atoms with Crippen LogP contribution < -0.4 is 0 Å². The average Bonchev–Trinajstić information content (AvgIpc) is 2.68. The number of fused-ring (bicyclic) bond motifs is 1. The van der Waals surface area contributed by atoms with Crippen LogP contribution in [0.25, 0.3) is 5.65 Å². The SMILES string of the molecule is CCC(C)c1nc2cccc(C)n2c1S(=O)(=O)F. The number of halogens is 1. The minimum atomic E-state index is -4.79. The Hall–Kier alpha value is -1.43. The standard InChI is InChI=1S/C12H15FN2O2S/c1-4-8(2)11-12(18(13,16)17)15-9(3)6-5-7-10(15)14-11/h5-8H,4H2,1-3H3. The molecular weight excluding hydrogens is 255 g/mol. The van der Waals surface area contributed by atoms with E-state index in [0.717, 1.165) is 0 Å². The predicted molar refractivity (Wildman–Crippen MR) is 66.9 cm³/mol. The van der Waals surface area contributed by atoms with E-state index in [1.165, 1.54) is 4.40 Å². The van der Waals surface area contributed by atoms with Gasteiger partial charge in [0.15, 0.2) is 5.03 Å². The zero-order valence-electron chi connectivity index (χ0n) is 10.5. The van der Waals surface area contributed by atoms with Gasteiger partial charge in [-0.3, -0.25) is 4.40 Å². The maximum atomic E-state index is 13.5. The van der Waals surface area contributed by atoms with Crippen LogP contribution in [0.15, 0.2) is 23.2 Å². The van der Waals surface area contributed by atoms with Crippen LogP contribution in [0.4, 0.5) is 3.89 Å². The van der Waals surface area contributed by atoms with E-state index in [9.17, 15) is 12.3 Å². The molecule has 2 rings (SSSR count). The molecule has 1 unspecified atom stereocenters. The molecule has 0 bridgehead atoms. The molecule has 0 N–H and O–H groups in total. The average molecular weight is 270 g/mol. The first-order valence-corrected chi connectivity index (χ1v) is 7.17. The normalized spacial score (nSPS) is 14.0. The molecule has 0 saturated heterocycles. The van der Waals surface area contributed by atoms with Gasteiger partial charge in [0.2, 0.25) is 0 Å². The summed E-state index contributed by atoms with van der Waals surface area (Å²) in [5, 5.41) is -0.329. The van der Waals surface area contributed by atoms with E-state index in [1.807, 2.05) is 13.8 Å². The topological polar surface area (TPSA) is 51.4 Å². The number of hydrogen-bond donors (Lipinski definition) is 0. The van der Waals surface area contributed by atoms with Gasteiger partial charge in [0.1, 0.15) is 5.65 Å². The number of nitrogens with zero attached hydrogens (tertiary/aromatic N) is 2. The van der Waals surface area contributed by atoms with E-state index in [0.29, 0.717) is 23.5 Å².